The molecule has 0 saturated carbocycles. The van der Waals surface area contributed by atoms with E-state index in [9.17, 15) is 0 Å². The van der Waals surface area contributed by atoms with E-state index in [1.54, 1.807) is 11.8 Å². The van der Waals surface area contributed by atoms with Crippen LogP contribution in [-0.2, 0) is 16.5 Å². The van der Waals surface area contributed by atoms with Gasteiger partial charge in [-0.2, -0.15) is 0 Å². The molecule has 0 radical (unpaired) electrons. The van der Waals surface area contributed by atoms with Gasteiger partial charge in [-0.1, -0.05) is 11.8 Å². The lowest BCUT2D eigenvalue weighted by Gasteiger charge is -2.22. The fourth-order valence-corrected chi connectivity index (χ4v) is 2.62. The van der Waals surface area contributed by atoms with Crippen molar-refractivity contribution in [2.75, 3.05) is 19.0 Å². The molecule has 1 atom stereocenters. The summed E-state index contributed by atoms with van der Waals surface area (Å²) in [6, 6.07) is 0. The first kappa shape index (κ1) is 12.9. The Hall–Kier alpha value is -0.520. The molecule has 2 heterocycles. The number of hydrogen-bond donors (Lipinski definition) is 0. The van der Waals surface area contributed by atoms with Crippen molar-refractivity contribution in [2.24, 2.45) is 7.05 Å². The van der Waals surface area contributed by atoms with Gasteiger partial charge in [0.2, 0.25) is 0 Å². The van der Waals surface area contributed by atoms with Crippen LogP contribution in [0.15, 0.2) is 17.6 Å². The van der Waals surface area contributed by atoms with E-state index in [0.29, 0.717) is 0 Å². The normalized spacial score (nSPS) is 20.6. The SMILES string of the molecule is Cn1ccnc1SCCCOC1CCCCO1. The summed E-state index contributed by atoms with van der Waals surface area (Å²) in [5.41, 5.74) is 0. The first-order valence-electron chi connectivity index (χ1n) is 6.19. The van der Waals surface area contributed by atoms with Crippen molar-refractivity contribution >= 4 is 11.8 Å². The van der Waals surface area contributed by atoms with E-state index >= 15 is 0 Å². The fraction of sp³-hybridized carbons (Fsp3) is 0.750. The van der Waals surface area contributed by atoms with Crippen molar-refractivity contribution in [3.63, 3.8) is 0 Å². The summed E-state index contributed by atoms with van der Waals surface area (Å²) in [6.07, 6.45) is 8.33. The van der Waals surface area contributed by atoms with E-state index in [1.165, 1.54) is 12.8 Å². The highest BCUT2D eigenvalue weighted by Gasteiger charge is 2.13. The quantitative estimate of drug-likeness (QED) is 0.578. The highest BCUT2D eigenvalue weighted by atomic mass is 32.2. The summed E-state index contributed by atoms with van der Waals surface area (Å²) >= 11 is 1.77. The lowest BCUT2D eigenvalue weighted by atomic mass is 10.2. The summed E-state index contributed by atoms with van der Waals surface area (Å²) in [4.78, 5) is 4.26. The largest absolute Gasteiger partial charge is 0.353 e. The van der Waals surface area contributed by atoms with Crippen molar-refractivity contribution in [3.05, 3.63) is 12.4 Å². The lowest BCUT2D eigenvalue weighted by molar-refractivity contribution is -0.162. The molecule has 96 valence electrons. The van der Waals surface area contributed by atoms with Gasteiger partial charge in [-0.3, -0.25) is 0 Å². The number of imidazole rings is 1. The van der Waals surface area contributed by atoms with Crippen molar-refractivity contribution in [1.82, 2.24) is 9.55 Å². The minimum absolute atomic E-state index is 0.0434. The number of ether oxygens (including phenoxy) is 2. The highest BCUT2D eigenvalue weighted by Crippen LogP contribution is 2.17. The molecule has 1 aromatic heterocycles. The zero-order valence-corrected chi connectivity index (χ0v) is 11.1. The Morgan fingerprint density at radius 3 is 3.24 bits per heavy atom. The van der Waals surface area contributed by atoms with Crippen LogP contribution in [-0.4, -0.2) is 34.8 Å². The minimum Gasteiger partial charge on any atom is -0.353 e. The van der Waals surface area contributed by atoms with Crippen LogP contribution in [0.5, 0.6) is 0 Å². The summed E-state index contributed by atoms with van der Waals surface area (Å²) in [5, 5.41) is 1.07. The predicted molar refractivity (Wildman–Crippen MR) is 68.1 cm³/mol. The Bertz CT molecular complexity index is 324. The third-order valence-corrected chi connectivity index (χ3v) is 3.88. The van der Waals surface area contributed by atoms with E-state index < -0.39 is 0 Å². The maximum absolute atomic E-state index is 5.67. The summed E-state index contributed by atoms with van der Waals surface area (Å²) < 4.78 is 13.2. The van der Waals surface area contributed by atoms with Crippen LogP contribution in [0.25, 0.3) is 0 Å². The Morgan fingerprint density at radius 2 is 2.53 bits per heavy atom. The lowest BCUT2D eigenvalue weighted by Crippen LogP contribution is -2.22. The van der Waals surface area contributed by atoms with E-state index in [4.69, 9.17) is 9.47 Å². The van der Waals surface area contributed by atoms with Crippen LogP contribution in [0.4, 0.5) is 0 Å². The summed E-state index contributed by atoms with van der Waals surface area (Å²) in [6.45, 7) is 1.63. The molecule has 0 aliphatic carbocycles. The Labute approximate surface area is 107 Å². The molecule has 1 aliphatic rings. The van der Waals surface area contributed by atoms with E-state index in [-0.39, 0.29) is 6.29 Å². The van der Waals surface area contributed by atoms with Gasteiger partial charge < -0.3 is 14.0 Å². The molecule has 0 spiro atoms. The number of hydrogen-bond acceptors (Lipinski definition) is 4. The van der Waals surface area contributed by atoms with E-state index in [1.807, 2.05) is 24.0 Å². The summed E-state index contributed by atoms with van der Waals surface area (Å²) in [7, 11) is 2.02. The molecule has 0 N–H and O–H groups in total. The third kappa shape index (κ3) is 4.33. The van der Waals surface area contributed by atoms with Gasteiger partial charge in [0.1, 0.15) is 0 Å². The Balaban J connectivity index is 1.53. The zero-order valence-electron chi connectivity index (χ0n) is 10.3. The van der Waals surface area contributed by atoms with Crippen molar-refractivity contribution < 1.29 is 9.47 Å². The zero-order chi connectivity index (χ0) is 11.9. The van der Waals surface area contributed by atoms with Gasteiger partial charge in [0.15, 0.2) is 11.4 Å². The van der Waals surface area contributed by atoms with Gasteiger partial charge in [-0.25, -0.2) is 4.98 Å². The van der Waals surface area contributed by atoms with Crippen LogP contribution >= 0.6 is 11.8 Å². The van der Waals surface area contributed by atoms with E-state index in [2.05, 4.69) is 4.98 Å². The molecule has 0 amide bonds. The predicted octanol–water partition coefficient (Wildman–Crippen LogP) is 2.45. The van der Waals surface area contributed by atoms with Crippen molar-refractivity contribution in [2.45, 2.75) is 37.1 Å². The van der Waals surface area contributed by atoms with Crippen LogP contribution in [0.1, 0.15) is 25.7 Å². The monoisotopic (exact) mass is 256 g/mol. The average molecular weight is 256 g/mol. The third-order valence-electron chi connectivity index (χ3n) is 2.74. The second-order valence-corrected chi connectivity index (χ2v) is 5.25. The van der Waals surface area contributed by atoms with Crippen LogP contribution in [0.3, 0.4) is 0 Å². The number of thioether (sulfide) groups is 1. The molecule has 1 fully saturated rings. The molecular weight excluding hydrogens is 236 g/mol. The highest BCUT2D eigenvalue weighted by molar-refractivity contribution is 7.99. The number of nitrogens with zero attached hydrogens (tertiary/aromatic N) is 2. The molecular formula is C12H20N2O2S. The van der Waals surface area contributed by atoms with Gasteiger partial charge in [0.05, 0.1) is 6.61 Å². The van der Waals surface area contributed by atoms with Crippen LogP contribution < -0.4 is 0 Å². The molecule has 0 bridgehead atoms. The molecule has 17 heavy (non-hydrogen) atoms. The molecule has 4 nitrogen and oxygen atoms in total. The molecule has 1 unspecified atom stereocenters. The van der Waals surface area contributed by atoms with E-state index in [0.717, 1.165) is 37.0 Å². The standard InChI is InChI=1S/C12H20N2O2S/c1-14-7-6-13-12(14)17-10-4-9-16-11-5-2-3-8-15-11/h6-7,11H,2-5,8-10H2,1H3. The molecule has 1 aromatic rings. The maximum atomic E-state index is 5.67. The smallest absolute Gasteiger partial charge is 0.167 e. The second-order valence-electron chi connectivity index (χ2n) is 4.19. The molecule has 5 heteroatoms. The number of aryl methyl sites for hydroxylation is 1. The Morgan fingerprint density at radius 1 is 1.59 bits per heavy atom. The van der Waals surface area contributed by atoms with Gasteiger partial charge in [0.25, 0.3) is 0 Å². The van der Waals surface area contributed by atoms with Crippen LogP contribution in [0.2, 0.25) is 0 Å². The van der Waals surface area contributed by atoms with Gasteiger partial charge in [0, 0.05) is 31.8 Å². The van der Waals surface area contributed by atoms with Gasteiger partial charge >= 0.3 is 0 Å². The summed E-state index contributed by atoms with van der Waals surface area (Å²) in [5.74, 6) is 1.04. The van der Waals surface area contributed by atoms with Crippen molar-refractivity contribution in [1.29, 1.82) is 0 Å². The Kier molecular flexibility index (Phi) is 5.35. The average Bonchev–Trinajstić information content (AvgIpc) is 2.76. The molecule has 0 aromatic carbocycles. The maximum Gasteiger partial charge on any atom is 0.167 e. The van der Waals surface area contributed by atoms with Gasteiger partial charge in [-0.15, -0.1) is 0 Å². The molecule has 1 aliphatic heterocycles. The van der Waals surface area contributed by atoms with Gasteiger partial charge in [-0.05, 0) is 25.7 Å². The topological polar surface area (TPSA) is 36.3 Å². The fourth-order valence-electron chi connectivity index (χ4n) is 1.77. The molecule has 1 saturated heterocycles. The second kappa shape index (κ2) is 7.03. The van der Waals surface area contributed by atoms with Crippen LogP contribution in [0, 0.1) is 0 Å². The number of aromatic nitrogens is 2. The molecule has 2 rings (SSSR count). The minimum atomic E-state index is 0.0434. The first-order valence-corrected chi connectivity index (χ1v) is 7.18. The number of rotatable bonds is 6. The first-order chi connectivity index (χ1) is 8.36. The van der Waals surface area contributed by atoms with Crippen molar-refractivity contribution in [3.8, 4) is 0 Å².